The first-order valence-corrected chi connectivity index (χ1v) is 7.50. The van der Waals surface area contributed by atoms with Crippen LogP contribution >= 0.6 is 0 Å². The highest BCUT2D eigenvalue weighted by molar-refractivity contribution is 6.08. The van der Waals surface area contributed by atoms with E-state index in [-0.39, 0.29) is 6.54 Å². The molecule has 1 N–H and O–H groups in total. The van der Waals surface area contributed by atoms with Crippen LogP contribution in [0.3, 0.4) is 0 Å². The number of carboxylic acid groups (broad SMARTS) is 1. The van der Waals surface area contributed by atoms with Gasteiger partial charge in [-0.25, -0.2) is 0 Å². The molecule has 0 fully saturated rings. The van der Waals surface area contributed by atoms with Crippen molar-refractivity contribution in [3.63, 3.8) is 0 Å². The van der Waals surface area contributed by atoms with Crippen LogP contribution in [-0.4, -0.2) is 34.1 Å². The third-order valence-corrected chi connectivity index (χ3v) is 4.01. The predicted molar refractivity (Wildman–Crippen MR) is 89.1 cm³/mol. The number of hydrogen-bond acceptors (Lipinski definition) is 2. The van der Waals surface area contributed by atoms with Gasteiger partial charge in [-0.15, -0.1) is 0 Å². The Morgan fingerprint density at radius 1 is 1.14 bits per heavy atom. The van der Waals surface area contributed by atoms with E-state index in [0.717, 1.165) is 12.1 Å². The molecule has 0 unspecified atom stereocenters. The van der Waals surface area contributed by atoms with Gasteiger partial charge >= 0.3 is 5.97 Å². The van der Waals surface area contributed by atoms with Crippen molar-refractivity contribution in [3.8, 4) is 0 Å². The van der Waals surface area contributed by atoms with Gasteiger partial charge in [0.15, 0.2) is 0 Å². The molecule has 1 aromatic heterocycles. The lowest BCUT2D eigenvalue weighted by atomic mass is 10.1. The zero-order valence-corrected chi connectivity index (χ0v) is 12.9. The Morgan fingerprint density at radius 3 is 2.59 bits per heavy atom. The van der Waals surface area contributed by atoms with Crippen LogP contribution < -0.4 is 0 Å². The highest BCUT2D eigenvalue weighted by Crippen LogP contribution is 2.29. The van der Waals surface area contributed by atoms with Crippen LogP contribution in [-0.2, 0) is 17.9 Å². The van der Waals surface area contributed by atoms with Gasteiger partial charge in [0, 0.05) is 34.9 Å². The number of fused-ring (bicyclic) bond motifs is 3. The molecule has 0 bridgehead atoms. The van der Waals surface area contributed by atoms with Crippen molar-refractivity contribution in [1.29, 1.82) is 0 Å². The fourth-order valence-corrected chi connectivity index (χ4v) is 3.14. The number of carboxylic acids is 1. The van der Waals surface area contributed by atoms with E-state index in [4.69, 9.17) is 5.11 Å². The molecule has 114 valence electrons. The minimum absolute atomic E-state index is 0.0504. The van der Waals surface area contributed by atoms with E-state index >= 15 is 0 Å². The maximum Gasteiger partial charge on any atom is 0.317 e. The van der Waals surface area contributed by atoms with Gasteiger partial charge in [-0.3, -0.25) is 9.69 Å². The van der Waals surface area contributed by atoms with E-state index < -0.39 is 5.97 Å². The highest BCUT2D eigenvalue weighted by Gasteiger charge is 2.11. The number of rotatable bonds is 5. The third kappa shape index (κ3) is 2.57. The number of likely N-dealkylation sites (N-methyl/N-ethyl adjacent to an activating group) is 1. The summed E-state index contributed by atoms with van der Waals surface area (Å²) in [5, 5.41) is 11.4. The lowest BCUT2D eigenvalue weighted by Crippen LogP contribution is -2.25. The summed E-state index contributed by atoms with van der Waals surface area (Å²) < 4.78 is 2.31. The van der Waals surface area contributed by atoms with Crippen LogP contribution in [0.1, 0.15) is 12.5 Å². The molecule has 0 saturated heterocycles. The highest BCUT2D eigenvalue weighted by atomic mass is 16.4. The number of carbonyl (C=O) groups is 1. The third-order valence-electron chi connectivity index (χ3n) is 4.01. The van der Waals surface area contributed by atoms with Gasteiger partial charge in [0.05, 0.1) is 6.54 Å². The van der Waals surface area contributed by atoms with E-state index in [1.807, 2.05) is 11.9 Å². The van der Waals surface area contributed by atoms with Gasteiger partial charge in [0.2, 0.25) is 0 Å². The Morgan fingerprint density at radius 2 is 1.86 bits per heavy atom. The molecule has 3 aromatic rings. The minimum atomic E-state index is -0.800. The Hall–Kier alpha value is -2.33. The average molecular weight is 296 g/mol. The second-order valence-corrected chi connectivity index (χ2v) is 5.68. The number of para-hydroxylation sites is 1. The fraction of sp³-hybridized carbons (Fsp3) is 0.278. The van der Waals surface area contributed by atoms with E-state index in [1.165, 1.54) is 21.8 Å². The van der Waals surface area contributed by atoms with Crippen LogP contribution in [0.4, 0.5) is 0 Å². The van der Waals surface area contributed by atoms with Crippen molar-refractivity contribution in [3.05, 3.63) is 48.0 Å². The zero-order valence-electron chi connectivity index (χ0n) is 12.9. The first kappa shape index (κ1) is 14.6. The Kier molecular flexibility index (Phi) is 3.86. The Labute approximate surface area is 129 Å². The fourth-order valence-electron chi connectivity index (χ4n) is 3.14. The summed E-state index contributed by atoms with van der Waals surface area (Å²) in [6.45, 7) is 3.77. The number of benzene rings is 2. The van der Waals surface area contributed by atoms with Crippen molar-refractivity contribution in [1.82, 2.24) is 9.47 Å². The molecule has 0 radical (unpaired) electrons. The maximum atomic E-state index is 10.8. The van der Waals surface area contributed by atoms with Crippen molar-refractivity contribution >= 4 is 27.8 Å². The minimum Gasteiger partial charge on any atom is -0.480 e. The van der Waals surface area contributed by atoms with Crippen molar-refractivity contribution < 1.29 is 9.90 Å². The number of nitrogens with zero attached hydrogens (tertiary/aromatic N) is 2. The van der Waals surface area contributed by atoms with E-state index in [9.17, 15) is 4.79 Å². The van der Waals surface area contributed by atoms with Crippen LogP contribution in [0.15, 0.2) is 42.5 Å². The summed E-state index contributed by atoms with van der Waals surface area (Å²) in [5.41, 5.74) is 3.61. The van der Waals surface area contributed by atoms with Gasteiger partial charge in [-0.1, -0.05) is 24.3 Å². The van der Waals surface area contributed by atoms with Crippen LogP contribution in [0.5, 0.6) is 0 Å². The SMILES string of the molecule is CCn1c2ccccc2c2cc(CN(C)CC(=O)O)ccc21. The molecule has 4 heteroatoms. The van der Waals surface area contributed by atoms with Gasteiger partial charge in [-0.2, -0.15) is 0 Å². The average Bonchev–Trinajstić information content (AvgIpc) is 2.79. The van der Waals surface area contributed by atoms with Crippen molar-refractivity contribution in [2.75, 3.05) is 13.6 Å². The molecule has 1 heterocycles. The molecule has 2 aromatic carbocycles. The summed E-state index contributed by atoms with van der Waals surface area (Å²) in [4.78, 5) is 12.6. The zero-order chi connectivity index (χ0) is 15.7. The molecule has 0 saturated carbocycles. The molecular weight excluding hydrogens is 276 g/mol. The van der Waals surface area contributed by atoms with Gasteiger partial charge in [0.25, 0.3) is 0 Å². The number of aryl methyl sites for hydroxylation is 1. The largest absolute Gasteiger partial charge is 0.480 e. The molecule has 4 nitrogen and oxygen atoms in total. The standard InChI is InChI=1S/C18H20N2O2/c1-3-20-16-7-5-4-6-14(16)15-10-13(8-9-17(15)20)11-19(2)12-18(21)22/h4-10H,3,11-12H2,1-2H3,(H,21,22). The summed E-state index contributed by atoms with van der Waals surface area (Å²) in [5.74, 6) is -0.800. The number of aromatic nitrogens is 1. The number of aliphatic carboxylic acids is 1. The summed E-state index contributed by atoms with van der Waals surface area (Å²) in [6.07, 6.45) is 0. The Bertz CT molecular complexity index is 836. The van der Waals surface area contributed by atoms with Crippen LogP contribution in [0.25, 0.3) is 21.8 Å². The quantitative estimate of drug-likeness (QED) is 0.785. The van der Waals surface area contributed by atoms with Crippen molar-refractivity contribution in [2.24, 2.45) is 0 Å². The van der Waals surface area contributed by atoms with Crippen LogP contribution in [0.2, 0.25) is 0 Å². The van der Waals surface area contributed by atoms with E-state index in [1.54, 1.807) is 0 Å². The van der Waals surface area contributed by atoms with Crippen molar-refractivity contribution in [2.45, 2.75) is 20.0 Å². The first-order valence-electron chi connectivity index (χ1n) is 7.50. The molecule has 3 rings (SSSR count). The van der Waals surface area contributed by atoms with E-state index in [0.29, 0.717) is 6.54 Å². The molecule has 0 spiro atoms. The Balaban J connectivity index is 2.06. The second kappa shape index (κ2) is 5.81. The first-order chi connectivity index (χ1) is 10.6. The van der Waals surface area contributed by atoms with Gasteiger partial charge in [-0.05, 0) is 37.7 Å². The molecule has 0 aliphatic carbocycles. The topological polar surface area (TPSA) is 45.5 Å². The molecule has 0 atom stereocenters. The summed E-state index contributed by atoms with van der Waals surface area (Å²) >= 11 is 0. The molecule has 22 heavy (non-hydrogen) atoms. The predicted octanol–water partition coefficient (Wildman–Crippen LogP) is 3.33. The summed E-state index contributed by atoms with van der Waals surface area (Å²) in [7, 11) is 1.83. The molecular formula is C18H20N2O2. The number of hydrogen-bond donors (Lipinski definition) is 1. The molecule has 0 aliphatic rings. The monoisotopic (exact) mass is 296 g/mol. The van der Waals surface area contributed by atoms with Gasteiger partial charge < -0.3 is 9.67 Å². The van der Waals surface area contributed by atoms with Crippen LogP contribution in [0, 0.1) is 0 Å². The molecule has 0 aliphatic heterocycles. The lowest BCUT2D eigenvalue weighted by molar-refractivity contribution is -0.138. The lowest BCUT2D eigenvalue weighted by Gasteiger charge is -2.14. The normalized spacial score (nSPS) is 11.6. The van der Waals surface area contributed by atoms with E-state index in [2.05, 4.69) is 54.0 Å². The molecule has 0 amide bonds. The van der Waals surface area contributed by atoms with Gasteiger partial charge in [0.1, 0.15) is 0 Å². The second-order valence-electron chi connectivity index (χ2n) is 5.68. The summed E-state index contributed by atoms with van der Waals surface area (Å²) in [6, 6.07) is 14.8. The smallest absolute Gasteiger partial charge is 0.317 e. The maximum absolute atomic E-state index is 10.8.